The van der Waals surface area contributed by atoms with E-state index in [1.54, 1.807) is 31.2 Å². The third-order valence-electron chi connectivity index (χ3n) is 2.44. The predicted molar refractivity (Wildman–Crippen MR) is 65.0 cm³/mol. The molecule has 0 aliphatic carbocycles. The Kier molecular flexibility index (Phi) is 4.88. The normalized spacial score (nSPS) is 11.3. The first kappa shape index (κ1) is 13.7. The van der Waals surface area contributed by atoms with Crippen LogP contribution in [0.5, 0.6) is 0 Å². The van der Waals surface area contributed by atoms with Crippen LogP contribution in [0.1, 0.15) is 35.7 Å². The molecular weight excluding hydrogens is 232 g/mol. The molecule has 0 fully saturated rings. The van der Waals surface area contributed by atoms with Gasteiger partial charge >= 0.3 is 5.97 Å². The molecule has 5 nitrogen and oxygen atoms in total. The second-order valence-electron chi connectivity index (χ2n) is 4.00. The van der Waals surface area contributed by atoms with Crippen molar-refractivity contribution in [3.63, 3.8) is 0 Å². The lowest BCUT2D eigenvalue weighted by Crippen LogP contribution is -2.32. The monoisotopic (exact) mass is 246 g/mol. The number of nitrogens with zero attached hydrogens (tertiary/aromatic N) is 1. The molecule has 0 saturated carbocycles. The van der Waals surface area contributed by atoms with Crippen LogP contribution < -0.4 is 5.32 Å². The fourth-order valence-electron chi connectivity index (χ4n) is 1.42. The predicted octanol–water partition coefficient (Wildman–Crippen LogP) is 1.54. The number of carbonyl (C=O) groups is 2. The number of hydrogen-bond donors (Lipinski definition) is 2. The lowest BCUT2D eigenvalue weighted by molar-refractivity contribution is -0.137. The Bertz CT molecular complexity index is 474. The summed E-state index contributed by atoms with van der Waals surface area (Å²) in [7, 11) is 0. The second-order valence-corrected chi connectivity index (χ2v) is 4.00. The maximum Gasteiger partial charge on any atom is 0.303 e. The molecule has 5 heteroatoms. The summed E-state index contributed by atoms with van der Waals surface area (Å²) in [5.41, 5.74) is 0.946. The van der Waals surface area contributed by atoms with Gasteiger partial charge in [-0.25, -0.2) is 0 Å². The third-order valence-corrected chi connectivity index (χ3v) is 2.44. The minimum absolute atomic E-state index is 0.0226. The highest BCUT2D eigenvalue weighted by Crippen LogP contribution is 2.04. The van der Waals surface area contributed by atoms with E-state index in [-0.39, 0.29) is 18.4 Å². The molecule has 1 rings (SSSR count). The zero-order valence-corrected chi connectivity index (χ0v) is 10.0. The molecule has 0 heterocycles. The van der Waals surface area contributed by atoms with E-state index >= 15 is 0 Å². The van der Waals surface area contributed by atoms with Crippen LogP contribution in [0, 0.1) is 11.3 Å². The van der Waals surface area contributed by atoms with E-state index < -0.39 is 5.97 Å². The number of nitriles is 1. The molecule has 1 atom stereocenters. The van der Waals surface area contributed by atoms with Crippen molar-refractivity contribution in [2.45, 2.75) is 25.8 Å². The summed E-state index contributed by atoms with van der Waals surface area (Å²) in [5, 5.41) is 19.9. The van der Waals surface area contributed by atoms with Crippen molar-refractivity contribution >= 4 is 11.9 Å². The van der Waals surface area contributed by atoms with Gasteiger partial charge in [-0.15, -0.1) is 0 Å². The first-order chi connectivity index (χ1) is 8.52. The van der Waals surface area contributed by atoms with Gasteiger partial charge in [0.05, 0.1) is 11.6 Å². The quantitative estimate of drug-likeness (QED) is 0.824. The molecule has 2 N–H and O–H groups in total. The van der Waals surface area contributed by atoms with Crippen molar-refractivity contribution in [2.24, 2.45) is 0 Å². The smallest absolute Gasteiger partial charge is 0.303 e. The van der Waals surface area contributed by atoms with Gasteiger partial charge in [-0.05, 0) is 37.6 Å². The van der Waals surface area contributed by atoms with Gasteiger partial charge in [-0.2, -0.15) is 5.26 Å². The Morgan fingerprint density at radius 3 is 2.50 bits per heavy atom. The van der Waals surface area contributed by atoms with Gasteiger partial charge in [-0.1, -0.05) is 0 Å². The minimum atomic E-state index is -0.880. The Hall–Kier alpha value is -2.35. The van der Waals surface area contributed by atoms with E-state index in [0.29, 0.717) is 17.5 Å². The second kappa shape index (κ2) is 6.40. The van der Waals surface area contributed by atoms with E-state index in [0.717, 1.165) is 0 Å². The van der Waals surface area contributed by atoms with Crippen molar-refractivity contribution in [3.8, 4) is 6.07 Å². The molecule has 1 amide bonds. The van der Waals surface area contributed by atoms with Gasteiger partial charge in [0.25, 0.3) is 5.91 Å². The van der Waals surface area contributed by atoms with E-state index in [9.17, 15) is 9.59 Å². The molecule has 0 aromatic heterocycles. The number of nitrogens with one attached hydrogen (secondary N) is 1. The van der Waals surface area contributed by atoms with Gasteiger partial charge in [0.2, 0.25) is 0 Å². The van der Waals surface area contributed by atoms with Crippen molar-refractivity contribution in [2.75, 3.05) is 0 Å². The zero-order chi connectivity index (χ0) is 13.5. The maximum atomic E-state index is 11.8. The molecule has 94 valence electrons. The number of carboxylic acid groups (broad SMARTS) is 1. The molecule has 0 aliphatic heterocycles. The molecule has 0 aliphatic rings. The molecule has 0 saturated heterocycles. The number of amides is 1. The molecular formula is C13H14N2O3. The van der Waals surface area contributed by atoms with E-state index in [2.05, 4.69) is 5.32 Å². The molecule has 18 heavy (non-hydrogen) atoms. The van der Waals surface area contributed by atoms with Gasteiger partial charge in [0.15, 0.2) is 0 Å². The van der Waals surface area contributed by atoms with Crippen LogP contribution in [-0.4, -0.2) is 23.0 Å². The van der Waals surface area contributed by atoms with Crippen LogP contribution >= 0.6 is 0 Å². The van der Waals surface area contributed by atoms with Crippen molar-refractivity contribution in [1.29, 1.82) is 5.26 Å². The van der Waals surface area contributed by atoms with E-state index in [4.69, 9.17) is 10.4 Å². The summed E-state index contributed by atoms with van der Waals surface area (Å²) in [5.74, 6) is -1.15. The zero-order valence-electron chi connectivity index (χ0n) is 10.0. The third kappa shape index (κ3) is 4.26. The van der Waals surface area contributed by atoms with Crippen molar-refractivity contribution in [1.82, 2.24) is 5.32 Å². The maximum absolute atomic E-state index is 11.8. The SMILES string of the molecule is CC(CCC(=O)O)NC(=O)c1ccc(C#N)cc1. The largest absolute Gasteiger partial charge is 0.481 e. The van der Waals surface area contributed by atoms with Crippen LogP contribution in [-0.2, 0) is 4.79 Å². The molecule has 1 unspecified atom stereocenters. The summed E-state index contributed by atoms with van der Waals surface area (Å²) in [4.78, 5) is 22.1. The van der Waals surface area contributed by atoms with Gasteiger partial charge in [-0.3, -0.25) is 9.59 Å². The molecule has 0 radical (unpaired) electrons. The Morgan fingerprint density at radius 2 is 2.00 bits per heavy atom. The molecule has 0 bridgehead atoms. The molecule has 1 aromatic carbocycles. The Labute approximate surface area is 105 Å². The number of aliphatic carboxylic acids is 1. The van der Waals surface area contributed by atoms with Gasteiger partial charge < -0.3 is 10.4 Å². The van der Waals surface area contributed by atoms with Crippen molar-refractivity contribution < 1.29 is 14.7 Å². The standard InChI is InChI=1S/C13H14N2O3/c1-9(2-7-12(16)17)15-13(18)11-5-3-10(8-14)4-6-11/h3-6,9H,2,7H2,1H3,(H,15,18)(H,16,17). The first-order valence-corrected chi connectivity index (χ1v) is 5.55. The highest BCUT2D eigenvalue weighted by Gasteiger charge is 2.10. The summed E-state index contributed by atoms with van der Waals surface area (Å²) in [6.45, 7) is 1.75. The first-order valence-electron chi connectivity index (χ1n) is 5.55. The van der Waals surface area contributed by atoms with Crippen LogP contribution in [0.2, 0.25) is 0 Å². The lowest BCUT2D eigenvalue weighted by atomic mass is 10.1. The molecule has 1 aromatic rings. The number of benzene rings is 1. The highest BCUT2D eigenvalue weighted by molar-refractivity contribution is 5.94. The van der Waals surface area contributed by atoms with Crippen LogP contribution in [0.25, 0.3) is 0 Å². The molecule has 0 spiro atoms. The van der Waals surface area contributed by atoms with Crippen LogP contribution in [0.3, 0.4) is 0 Å². The van der Waals surface area contributed by atoms with E-state index in [1.807, 2.05) is 6.07 Å². The summed E-state index contributed by atoms with van der Waals surface area (Å²) in [6, 6.07) is 8.03. The minimum Gasteiger partial charge on any atom is -0.481 e. The summed E-state index contributed by atoms with van der Waals surface area (Å²) < 4.78 is 0. The average molecular weight is 246 g/mol. The fraction of sp³-hybridized carbons (Fsp3) is 0.308. The van der Waals surface area contributed by atoms with Crippen LogP contribution in [0.15, 0.2) is 24.3 Å². The lowest BCUT2D eigenvalue weighted by Gasteiger charge is -2.12. The number of rotatable bonds is 5. The summed E-state index contributed by atoms with van der Waals surface area (Å²) >= 11 is 0. The fourth-order valence-corrected chi connectivity index (χ4v) is 1.42. The number of carboxylic acids is 1. The summed E-state index contributed by atoms with van der Waals surface area (Å²) in [6.07, 6.45) is 0.409. The Morgan fingerprint density at radius 1 is 1.39 bits per heavy atom. The average Bonchev–Trinajstić information content (AvgIpc) is 2.36. The Balaban J connectivity index is 2.54. The topological polar surface area (TPSA) is 90.2 Å². The number of hydrogen-bond acceptors (Lipinski definition) is 3. The van der Waals surface area contributed by atoms with Gasteiger partial charge in [0, 0.05) is 18.0 Å². The van der Waals surface area contributed by atoms with Gasteiger partial charge in [0.1, 0.15) is 0 Å². The number of carbonyl (C=O) groups excluding carboxylic acids is 1. The van der Waals surface area contributed by atoms with E-state index in [1.165, 1.54) is 0 Å². The van der Waals surface area contributed by atoms with Crippen molar-refractivity contribution in [3.05, 3.63) is 35.4 Å². The highest BCUT2D eigenvalue weighted by atomic mass is 16.4. The van der Waals surface area contributed by atoms with Crippen LogP contribution in [0.4, 0.5) is 0 Å².